The summed E-state index contributed by atoms with van der Waals surface area (Å²) in [7, 11) is 0.00157. The lowest BCUT2D eigenvalue weighted by Gasteiger charge is -2.32. The summed E-state index contributed by atoms with van der Waals surface area (Å²) in [5.41, 5.74) is 1.67. The van der Waals surface area contributed by atoms with E-state index in [9.17, 15) is 8.42 Å². The van der Waals surface area contributed by atoms with E-state index in [-0.39, 0.29) is 10.3 Å². The van der Waals surface area contributed by atoms with Crippen molar-refractivity contribution >= 4 is 10.0 Å². The van der Waals surface area contributed by atoms with Crippen LogP contribution in [0.15, 0.2) is 17.0 Å². The average Bonchev–Trinajstić information content (AvgIpc) is 2.46. The molecule has 0 spiro atoms. The van der Waals surface area contributed by atoms with E-state index in [4.69, 9.17) is 4.74 Å². The van der Waals surface area contributed by atoms with Gasteiger partial charge in [0.15, 0.2) is 0 Å². The van der Waals surface area contributed by atoms with E-state index in [0.29, 0.717) is 18.8 Å². The van der Waals surface area contributed by atoms with Gasteiger partial charge in [-0.1, -0.05) is 26.8 Å². The average molecular weight is 340 g/mol. The first-order valence-electron chi connectivity index (χ1n) is 7.95. The minimum atomic E-state index is -3.55. The molecule has 1 heterocycles. The van der Waals surface area contributed by atoms with E-state index in [1.807, 2.05) is 20.0 Å². The van der Waals surface area contributed by atoms with E-state index >= 15 is 0 Å². The van der Waals surface area contributed by atoms with Gasteiger partial charge in [0.2, 0.25) is 10.0 Å². The summed E-state index contributed by atoms with van der Waals surface area (Å²) in [6, 6.07) is 3.74. The van der Waals surface area contributed by atoms with E-state index in [1.165, 1.54) is 0 Å². The minimum absolute atomic E-state index is 0.191. The molecule has 0 atom stereocenters. The van der Waals surface area contributed by atoms with E-state index < -0.39 is 10.0 Å². The van der Waals surface area contributed by atoms with Crippen molar-refractivity contribution in [1.29, 1.82) is 0 Å². The molecule has 0 bridgehead atoms. The number of rotatable bonds is 3. The van der Waals surface area contributed by atoms with Gasteiger partial charge in [0.05, 0.1) is 7.11 Å². The third kappa shape index (κ3) is 3.70. The van der Waals surface area contributed by atoms with Crippen molar-refractivity contribution in [3.8, 4) is 5.75 Å². The maximum absolute atomic E-state index is 13.1. The van der Waals surface area contributed by atoms with Crippen LogP contribution in [0, 0.1) is 6.92 Å². The van der Waals surface area contributed by atoms with Crippen molar-refractivity contribution in [2.45, 2.75) is 38.0 Å². The number of methoxy groups -OCH3 is 1. The largest absolute Gasteiger partial charge is 0.495 e. The van der Waals surface area contributed by atoms with Crippen LogP contribution in [0.2, 0.25) is 0 Å². The van der Waals surface area contributed by atoms with Crippen molar-refractivity contribution in [2.24, 2.45) is 0 Å². The Morgan fingerprint density at radius 3 is 2.13 bits per heavy atom. The highest BCUT2D eigenvalue weighted by Crippen LogP contribution is 2.38. The molecule has 0 N–H and O–H groups in total. The van der Waals surface area contributed by atoms with Crippen LogP contribution in [0.4, 0.5) is 0 Å². The monoisotopic (exact) mass is 340 g/mol. The quantitative estimate of drug-likeness (QED) is 0.847. The summed E-state index contributed by atoms with van der Waals surface area (Å²) in [4.78, 5) is 2.43. The van der Waals surface area contributed by atoms with Gasteiger partial charge in [-0.15, -0.1) is 0 Å². The molecule has 1 fully saturated rings. The molecule has 1 aromatic carbocycles. The Morgan fingerprint density at radius 1 is 1.09 bits per heavy atom. The van der Waals surface area contributed by atoms with Crippen LogP contribution in [0.1, 0.15) is 31.9 Å². The van der Waals surface area contributed by atoms with Crippen LogP contribution in [0.3, 0.4) is 0 Å². The van der Waals surface area contributed by atoms with Crippen LogP contribution in [0.25, 0.3) is 0 Å². The van der Waals surface area contributed by atoms with E-state index in [1.54, 1.807) is 17.5 Å². The molecule has 2 rings (SSSR count). The summed E-state index contributed by atoms with van der Waals surface area (Å²) in [5, 5.41) is 0. The number of benzene rings is 1. The standard InChI is InChI=1S/C17H28N2O3S/c1-13-11-14(17(2,3)4)16(22-6)15(12-13)23(20,21)19-9-7-18(5)8-10-19/h11-12H,7-10H2,1-6H3. The highest BCUT2D eigenvalue weighted by Gasteiger charge is 2.33. The Morgan fingerprint density at radius 2 is 1.65 bits per heavy atom. The molecule has 0 aromatic heterocycles. The van der Waals surface area contributed by atoms with Crippen LogP contribution in [0.5, 0.6) is 5.75 Å². The Balaban J connectivity index is 2.56. The molecular weight excluding hydrogens is 312 g/mol. The normalized spacial score (nSPS) is 18.2. The molecule has 1 aromatic rings. The van der Waals surface area contributed by atoms with Crippen LogP contribution in [-0.2, 0) is 15.4 Å². The number of hydrogen-bond acceptors (Lipinski definition) is 4. The highest BCUT2D eigenvalue weighted by atomic mass is 32.2. The fourth-order valence-corrected chi connectivity index (χ4v) is 4.55. The predicted molar refractivity (Wildman–Crippen MR) is 92.7 cm³/mol. The molecule has 1 saturated heterocycles. The lowest BCUT2D eigenvalue weighted by molar-refractivity contribution is 0.222. The fraction of sp³-hybridized carbons (Fsp3) is 0.647. The Bertz CT molecular complexity index is 670. The number of aryl methyl sites for hydroxylation is 1. The maximum Gasteiger partial charge on any atom is 0.246 e. The van der Waals surface area contributed by atoms with Gasteiger partial charge in [-0.3, -0.25) is 0 Å². The highest BCUT2D eigenvalue weighted by molar-refractivity contribution is 7.89. The van der Waals surface area contributed by atoms with Crippen molar-refractivity contribution in [2.75, 3.05) is 40.3 Å². The van der Waals surface area contributed by atoms with Gasteiger partial charge >= 0.3 is 0 Å². The van der Waals surface area contributed by atoms with Gasteiger partial charge in [-0.05, 0) is 31.0 Å². The molecule has 0 aliphatic carbocycles. The minimum Gasteiger partial charge on any atom is -0.495 e. The van der Waals surface area contributed by atoms with Crippen molar-refractivity contribution in [3.05, 3.63) is 23.3 Å². The topological polar surface area (TPSA) is 49.9 Å². The summed E-state index contributed by atoms with van der Waals surface area (Å²) < 4.78 is 33.4. The lowest BCUT2D eigenvalue weighted by atomic mass is 9.85. The van der Waals surface area contributed by atoms with Gasteiger partial charge in [-0.2, -0.15) is 4.31 Å². The number of likely N-dealkylation sites (N-methyl/N-ethyl adjacent to an activating group) is 1. The first kappa shape index (κ1) is 18.2. The van der Waals surface area contributed by atoms with Gasteiger partial charge < -0.3 is 9.64 Å². The van der Waals surface area contributed by atoms with E-state index in [0.717, 1.165) is 24.2 Å². The van der Waals surface area contributed by atoms with Crippen LogP contribution >= 0.6 is 0 Å². The number of hydrogen-bond donors (Lipinski definition) is 0. The zero-order chi connectivity index (χ0) is 17.4. The SMILES string of the molecule is COc1c(C(C)(C)C)cc(C)cc1S(=O)(=O)N1CCN(C)CC1. The molecule has 6 heteroatoms. The summed E-state index contributed by atoms with van der Waals surface area (Å²) in [6.45, 7) is 10.7. The Kier molecular flexibility index (Phi) is 5.09. The molecule has 1 aliphatic rings. The lowest BCUT2D eigenvalue weighted by Crippen LogP contribution is -2.47. The van der Waals surface area contributed by atoms with Crippen LogP contribution in [-0.4, -0.2) is 58.0 Å². The van der Waals surface area contributed by atoms with Crippen molar-refractivity contribution in [3.63, 3.8) is 0 Å². The molecule has 1 aliphatic heterocycles. The molecular formula is C17H28N2O3S. The molecule has 0 saturated carbocycles. The second-order valence-electron chi connectivity index (χ2n) is 7.30. The van der Waals surface area contributed by atoms with E-state index in [2.05, 4.69) is 25.7 Å². The first-order valence-corrected chi connectivity index (χ1v) is 9.39. The Hall–Kier alpha value is -1.11. The van der Waals surface area contributed by atoms with Gasteiger partial charge in [0.1, 0.15) is 10.6 Å². The fourth-order valence-electron chi connectivity index (χ4n) is 2.87. The third-order valence-corrected chi connectivity index (χ3v) is 6.20. The summed E-state index contributed by atoms with van der Waals surface area (Å²) in [6.07, 6.45) is 0. The molecule has 0 unspecified atom stereocenters. The second-order valence-corrected chi connectivity index (χ2v) is 9.21. The van der Waals surface area contributed by atoms with Gasteiger partial charge in [-0.25, -0.2) is 8.42 Å². The zero-order valence-corrected chi connectivity index (χ0v) is 15.8. The molecule has 130 valence electrons. The van der Waals surface area contributed by atoms with Crippen molar-refractivity contribution in [1.82, 2.24) is 9.21 Å². The number of ether oxygens (including phenoxy) is 1. The molecule has 0 amide bonds. The molecule has 23 heavy (non-hydrogen) atoms. The summed E-state index contributed by atoms with van der Waals surface area (Å²) in [5.74, 6) is 0.474. The van der Waals surface area contributed by atoms with Crippen LogP contribution < -0.4 is 4.74 Å². The first-order chi connectivity index (χ1) is 10.6. The second kappa shape index (κ2) is 6.42. The van der Waals surface area contributed by atoms with Crippen molar-refractivity contribution < 1.29 is 13.2 Å². The molecule has 0 radical (unpaired) electrons. The molecule has 5 nitrogen and oxygen atoms in total. The Labute approximate surface area is 140 Å². The predicted octanol–water partition coefficient (Wildman–Crippen LogP) is 2.24. The smallest absolute Gasteiger partial charge is 0.246 e. The maximum atomic E-state index is 13.1. The third-order valence-electron chi connectivity index (χ3n) is 4.29. The number of nitrogens with zero attached hydrogens (tertiary/aromatic N) is 2. The number of piperazine rings is 1. The van der Waals surface area contributed by atoms with Gasteiger partial charge in [0.25, 0.3) is 0 Å². The van der Waals surface area contributed by atoms with Gasteiger partial charge in [0, 0.05) is 31.7 Å². The number of sulfonamides is 1. The zero-order valence-electron chi connectivity index (χ0n) is 15.0. The summed E-state index contributed by atoms with van der Waals surface area (Å²) >= 11 is 0.